The number of hydrogen-bond acceptors (Lipinski definition) is 3. The van der Waals surface area contributed by atoms with Crippen LogP contribution >= 0.6 is 0 Å². The molecule has 1 N–H and O–H groups in total. The summed E-state index contributed by atoms with van der Waals surface area (Å²) in [6.07, 6.45) is -4.79. The highest BCUT2D eigenvalue weighted by Gasteiger charge is 2.32. The predicted octanol–water partition coefficient (Wildman–Crippen LogP) is 3.65. The average Bonchev–Trinajstić information content (AvgIpc) is 2.74. The quantitative estimate of drug-likeness (QED) is 0.927. The Morgan fingerprint density at radius 3 is 2.47 bits per heavy atom. The van der Waals surface area contributed by atoms with Crippen LogP contribution in [0.3, 0.4) is 0 Å². The van der Waals surface area contributed by atoms with Gasteiger partial charge in [-0.1, -0.05) is 0 Å². The molecule has 0 radical (unpaired) electrons. The van der Waals surface area contributed by atoms with Crippen LogP contribution in [-0.4, -0.2) is 11.5 Å². The molecular formula is C13H11F3O3. The minimum absolute atomic E-state index is 0.0453. The minimum atomic E-state index is -4.79. The van der Waals surface area contributed by atoms with Crippen LogP contribution in [0.15, 0.2) is 34.7 Å². The zero-order valence-corrected chi connectivity index (χ0v) is 9.99. The van der Waals surface area contributed by atoms with Gasteiger partial charge in [-0.3, -0.25) is 0 Å². The van der Waals surface area contributed by atoms with Gasteiger partial charge in [-0.15, -0.1) is 13.2 Å². The van der Waals surface area contributed by atoms with E-state index in [2.05, 4.69) is 4.74 Å². The standard InChI is InChI=1S/C13H11F3O3/c1-8-2-4-11(18-8)9-3-5-12(10(6-9)7-17)19-13(14,15)16/h2-6,17H,7H2,1H3. The second-order valence-corrected chi connectivity index (χ2v) is 3.94. The van der Waals surface area contributed by atoms with E-state index in [4.69, 9.17) is 9.52 Å². The Balaban J connectivity index is 2.36. The zero-order chi connectivity index (χ0) is 14.0. The summed E-state index contributed by atoms with van der Waals surface area (Å²) in [6, 6.07) is 7.45. The Morgan fingerprint density at radius 1 is 1.21 bits per heavy atom. The summed E-state index contributed by atoms with van der Waals surface area (Å²) in [5.74, 6) is 0.795. The molecule has 0 aliphatic rings. The van der Waals surface area contributed by atoms with E-state index in [1.165, 1.54) is 12.1 Å². The third kappa shape index (κ3) is 3.29. The number of alkyl halides is 3. The van der Waals surface area contributed by atoms with E-state index < -0.39 is 18.7 Å². The Labute approximate surface area is 107 Å². The second-order valence-electron chi connectivity index (χ2n) is 3.94. The molecule has 3 nitrogen and oxygen atoms in total. The molecule has 102 valence electrons. The van der Waals surface area contributed by atoms with Crippen LogP contribution in [0.5, 0.6) is 5.75 Å². The maximum absolute atomic E-state index is 12.2. The van der Waals surface area contributed by atoms with Crippen molar-refractivity contribution in [2.24, 2.45) is 0 Å². The summed E-state index contributed by atoms with van der Waals surface area (Å²) >= 11 is 0. The van der Waals surface area contributed by atoms with E-state index in [0.717, 1.165) is 6.07 Å². The first-order chi connectivity index (χ1) is 8.89. The Kier molecular flexibility index (Phi) is 3.53. The molecule has 19 heavy (non-hydrogen) atoms. The van der Waals surface area contributed by atoms with Gasteiger partial charge in [-0.2, -0.15) is 0 Å². The van der Waals surface area contributed by atoms with E-state index in [9.17, 15) is 13.2 Å². The number of aryl methyl sites for hydroxylation is 1. The van der Waals surface area contributed by atoms with Crippen LogP contribution in [0, 0.1) is 6.92 Å². The molecule has 0 unspecified atom stereocenters. The number of hydrogen-bond donors (Lipinski definition) is 1. The SMILES string of the molecule is Cc1ccc(-c2ccc(OC(F)(F)F)c(CO)c2)o1. The Morgan fingerprint density at radius 2 is 1.95 bits per heavy atom. The zero-order valence-electron chi connectivity index (χ0n) is 9.99. The number of rotatable bonds is 3. The summed E-state index contributed by atoms with van der Waals surface area (Å²) in [5, 5.41) is 9.11. The average molecular weight is 272 g/mol. The highest BCUT2D eigenvalue weighted by molar-refractivity contribution is 5.60. The number of aliphatic hydroxyl groups excluding tert-OH is 1. The molecular weight excluding hydrogens is 261 g/mol. The van der Waals surface area contributed by atoms with E-state index in [0.29, 0.717) is 17.1 Å². The largest absolute Gasteiger partial charge is 0.573 e. The number of furan rings is 1. The molecule has 0 atom stereocenters. The van der Waals surface area contributed by atoms with Crippen molar-refractivity contribution in [2.75, 3.05) is 0 Å². The molecule has 0 aliphatic heterocycles. The second kappa shape index (κ2) is 4.97. The number of halogens is 3. The molecule has 1 aromatic carbocycles. The van der Waals surface area contributed by atoms with Crippen molar-refractivity contribution in [1.29, 1.82) is 0 Å². The van der Waals surface area contributed by atoms with Gasteiger partial charge in [0.05, 0.1) is 6.61 Å². The van der Waals surface area contributed by atoms with Crippen LogP contribution in [-0.2, 0) is 6.61 Å². The topological polar surface area (TPSA) is 42.6 Å². The summed E-state index contributed by atoms with van der Waals surface area (Å²) in [6.45, 7) is 1.20. The lowest BCUT2D eigenvalue weighted by Crippen LogP contribution is -2.18. The molecule has 2 rings (SSSR count). The summed E-state index contributed by atoms with van der Waals surface area (Å²) < 4.78 is 45.7. The molecule has 1 heterocycles. The van der Waals surface area contributed by atoms with E-state index in [-0.39, 0.29) is 5.56 Å². The highest BCUT2D eigenvalue weighted by Crippen LogP contribution is 2.31. The first kappa shape index (κ1) is 13.5. The Bertz CT molecular complexity index is 573. The van der Waals surface area contributed by atoms with Gasteiger partial charge in [-0.25, -0.2) is 0 Å². The number of aliphatic hydroxyl groups is 1. The molecule has 0 aliphatic carbocycles. The maximum Gasteiger partial charge on any atom is 0.573 e. The normalized spacial score (nSPS) is 11.6. The van der Waals surface area contributed by atoms with Crippen molar-refractivity contribution in [3.8, 4) is 17.1 Å². The number of benzene rings is 1. The fourth-order valence-corrected chi connectivity index (χ4v) is 1.67. The molecule has 2 aromatic rings. The van der Waals surface area contributed by atoms with Gasteiger partial charge in [0.2, 0.25) is 0 Å². The van der Waals surface area contributed by atoms with Gasteiger partial charge in [0.25, 0.3) is 0 Å². The van der Waals surface area contributed by atoms with Crippen LogP contribution in [0.2, 0.25) is 0 Å². The predicted molar refractivity (Wildman–Crippen MR) is 61.5 cm³/mol. The third-order valence-electron chi connectivity index (χ3n) is 2.48. The van der Waals surface area contributed by atoms with Gasteiger partial charge in [0.15, 0.2) is 0 Å². The monoisotopic (exact) mass is 272 g/mol. The summed E-state index contributed by atoms with van der Waals surface area (Å²) in [4.78, 5) is 0. The number of ether oxygens (including phenoxy) is 1. The van der Waals surface area contributed by atoms with Gasteiger partial charge < -0.3 is 14.3 Å². The van der Waals surface area contributed by atoms with Crippen molar-refractivity contribution in [3.05, 3.63) is 41.7 Å². The Hall–Kier alpha value is -1.95. The fraction of sp³-hybridized carbons (Fsp3) is 0.231. The third-order valence-corrected chi connectivity index (χ3v) is 2.48. The smallest absolute Gasteiger partial charge is 0.461 e. The lowest BCUT2D eigenvalue weighted by Gasteiger charge is -2.12. The van der Waals surface area contributed by atoms with Crippen molar-refractivity contribution >= 4 is 0 Å². The minimum Gasteiger partial charge on any atom is -0.461 e. The maximum atomic E-state index is 12.2. The van der Waals surface area contributed by atoms with Crippen LogP contribution in [0.25, 0.3) is 11.3 Å². The highest BCUT2D eigenvalue weighted by atomic mass is 19.4. The molecule has 0 saturated carbocycles. The summed E-state index contributed by atoms with van der Waals surface area (Å²) in [7, 11) is 0. The first-order valence-corrected chi connectivity index (χ1v) is 5.45. The molecule has 6 heteroatoms. The van der Waals surface area contributed by atoms with E-state index in [1.807, 2.05) is 0 Å². The van der Waals surface area contributed by atoms with Gasteiger partial charge in [-0.05, 0) is 37.3 Å². The summed E-state index contributed by atoms with van der Waals surface area (Å²) in [5.41, 5.74) is 0.621. The van der Waals surface area contributed by atoms with Crippen LogP contribution < -0.4 is 4.74 Å². The van der Waals surface area contributed by atoms with Crippen LogP contribution in [0.4, 0.5) is 13.2 Å². The molecule has 1 aromatic heterocycles. The first-order valence-electron chi connectivity index (χ1n) is 5.45. The van der Waals surface area contributed by atoms with Gasteiger partial charge >= 0.3 is 6.36 Å². The van der Waals surface area contributed by atoms with E-state index in [1.54, 1.807) is 19.1 Å². The van der Waals surface area contributed by atoms with Gasteiger partial charge in [0.1, 0.15) is 17.3 Å². The van der Waals surface area contributed by atoms with Gasteiger partial charge in [0, 0.05) is 11.1 Å². The van der Waals surface area contributed by atoms with Crippen molar-refractivity contribution in [1.82, 2.24) is 0 Å². The fourth-order valence-electron chi connectivity index (χ4n) is 1.67. The van der Waals surface area contributed by atoms with Crippen molar-refractivity contribution in [2.45, 2.75) is 19.9 Å². The molecule has 0 fully saturated rings. The molecule has 0 amide bonds. The lowest BCUT2D eigenvalue weighted by atomic mass is 10.1. The molecule has 0 bridgehead atoms. The molecule has 0 spiro atoms. The van der Waals surface area contributed by atoms with Crippen molar-refractivity contribution in [3.63, 3.8) is 0 Å². The van der Waals surface area contributed by atoms with Crippen molar-refractivity contribution < 1.29 is 27.4 Å². The lowest BCUT2D eigenvalue weighted by molar-refractivity contribution is -0.275. The van der Waals surface area contributed by atoms with E-state index >= 15 is 0 Å². The molecule has 0 saturated heterocycles. The van der Waals surface area contributed by atoms with Crippen LogP contribution in [0.1, 0.15) is 11.3 Å².